The molecule has 0 heterocycles. The monoisotopic (exact) mass is 198 g/mol. The van der Waals surface area contributed by atoms with Gasteiger partial charge in [-0.05, 0) is 30.1 Å². The zero-order valence-electron chi connectivity index (χ0n) is 11.1. The highest BCUT2D eigenvalue weighted by Gasteiger charge is 2.19. The molecule has 0 amide bonds. The van der Waals surface area contributed by atoms with Gasteiger partial charge in [-0.3, -0.25) is 0 Å². The first-order valence-corrected chi connectivity index (χ1v) is 6.49. The van der Waals surface area contributed by atoms with E-state index in [1.807, 2.05) is 0 Å². The van der Waals surface area contributed by atoms with Crippen LogP contribution in [0.25, 0.3) is 0 Å². The van der Waals surface area contributed by atoms with E-state index in [9.17, 15) is 0 Å². The fraction of sp³-hybridized carbons (Fsp3) is 1.00. The summed E-state index contributed by atoms with van der Waals surface area (Å²) in [5.74, 6) is 3.54. The Balaban J connectivity index is 3.84. The van der Waals surface area contributed by atoms with Gasteiger partial charge in [0.1, 0.15) is 0 Å². The largest absolute Gasteiger partial charge is 0.0654 e. The summed E-state index contributed by atoms with van der Waals surface area (Å²) in [5, 5.41) is 0. The van der Waals surface area contributed by atoms with Crippen molar-refractivity contribution in [2.45, 2.75) is 67.2 Å². The maximum absolute atomic E-state index is 2.44. The average molecular weight is 198 g/mol. The van der Waals surface area contributed by atoms with Gasteiger partial charge in [-0.15, -0.1) is 0 Å². The highest BCUT2D eigenvalue weighted by Crippen LogP contribution is 2.28. The predicted molar refractivity (Wildman–Crippen MR) is 66.5 cm³/mol. The fourth-order valence-electron chi connectivity index (χ4n) is 2.31. The van der Waals surface area contributed by atoms with Crippen molar-refractivity contribution in [3.63, 3.8) is 0 Å². The van der Waals surface area contributed by atoms with Gasteiger partial charge in [0, 0.05) is 0 Å². The Bertz CT molecular complexity index is 126. The molecule has 0 aliphatic rings. The van der Waals surface area contributed by atoms with Crippen molar-refractivity contribution in [3.05, 3.63) is 0 Å². The quantitative estimate of drug-likeness (QED) is 0.532. The van der Waals surface area contributed by atoms with Crippen LogP contribution >= 0.6 is 0 Å². The van der Waals surface area contributed by atoms with E-state index in [4.69, 9.17) is 0 Å². The number of hydrogen-bond donors (Lipinski definition) is 0. The third-order valence-corrected chi connectivity index (χ3v) is 3.65. The topological polar surface area (TPSA) is 0 Å². The van der Waals surface area contributed by atoms with Gasteiger partial charge in [0.15, 0.2) is 0 Å². The first-order valence-electron chi connectivity index (χ1n) is 6.49. The van der Waals surface area contributed by atoms with Crippen molar-refractivity contribution in [3.8, 4) is 0 Å². The Morgan fingerprint density at radius 3 is 1.86 bits per heavy atom. The maximum atomic E-state index is 2.44. The van der Waals surface area contributed by atoms with E-state index in [0.717, 1.165) is 23.7 Å². The van der Waals surface area contributed by atoms with E-state index in [1.54, 1.807) is 0 Å². The summed E-state index contributed by atoms with van der Waals surface area (Å²) in [6, 6.07) is 0. The lowest BCUT2D eigenvalue weighted by atomic mass is 9.79. The van der Waals surface area contributed by atoms with Crippen LogP contribution < -0.4 is 0 Å². The minimum atomic E-state index is 0.853. The second-order valence-electron chi connectivity index (χ2n) is 5.59. The molecular weight excluding hydrogens is 168 g/mol. The molecule has 0 N–H and O–H groups in total. The van der Waals surface area contributed by atoms with Crippen molar-refractivity contribution in [2.24, 2.45) is 23.7 Å². The smallest absolute Gasteiger partial charge is 0.0391 e. The molecular formula is C14H30. The lowest BCUT2D eigenvalue weighted by molar-refractivity contribution is 0.232. The Morgan fingerprint density at radius 1 is 0.857 bits per heavy atom. The molecule has 0 aromatic carbocycles. The number of hydrogen-bond acceptors (Lipinski definition) is 0. The normalized spacial score (nSPS) is 18.2. The van der Waals surface area contributed by atoms with Gasteiger partial charge < -0.3 is 0 Å². The van der Waals surface area contributed by atoms with Crippen LogP contribution in [0.1, 0.15) is 67.2 Å². The minimum Gasteiger partial charge on any atom is -0.0654 e. The summed E-state index contributed by atoms with van der Waals surface area (Å²) in [5.41, 5.74) is 0. The highest BCUT2D eigenvalue weighted by molar-refractivity contribution is 4.69. The van der Waals surface area contributed by atoms with Crippen LogP contribution in [-0.2, 0) is 0 Å². The van der Waals surface area contributed by atoms with Gasteiger partial charge in [0.05, 0.1) is 0 Å². The van der Waals surface area contributed by atoms with Gasteiger partial charge in [-0.2, -0.15) is 0 Å². The zero-order valence-corrected chi connectivity index (χ0v) is 11.1. The van der Waals surface area contributed by atoms with Crippen LogP contribution in [0.2, 0.25) is 0 Å². The highest BCUT2D eigenvalue weighted by atomic mass is 14.2. The molecule has 0 bridgehead atoms. The minimum absolute atomic E-state index is 0.853. The van der Waals surface area contributed by atoms with Crippen molar-refractivity contribution >= 4 is 0 Å². The second-order valence-corrected chi connectivity index (χ2v) is 5.59. The van der Waals surface area contributed by atoms with Crippen LogP contribution in [0, 0.1) is 23.7 Å². The van der Waals surface area contributed by atoms with Crippen LogP contribution in [0.15, 0.2) is 0 Å². The summed E-state index contributed by atoms with van der Waals surface area (Å²) in [7, 11) is 0. The SMILES string of the molecule is CCCCC(C)C(C)C(C)CC(C)C. The fourth-order valence-corrected chi connectivity index (χ4v) is 2.31. The van der Waals surface area contributed by atoms with E-state index >= 15 is 0 Å². The standard InChI is InChI=1S/C14H30/c1-7-8-9-12(4)14(6)13(5)10-11(2)3/h11-14H,7-10H2,1-6H3. The average Bonchev–Trinajstić information content (AvgIpc) is 2.11. The molecule has 86 valence electrons. The van der Waals surface area contributed by atoms with Crippen LogP contribution in [0.4, 0.5) is 0 Å². The molecule has 3 unspecified atom stereocenters. The first-order chi connectivity index (χ1) is 6.49. The Kier molecular flexibility index (Phi) is 7.31. The third kappa shape index (κ3) is 5.67. The molecule has 0 fully saturated rings. The van der Waals surface area contributed by atoms with Crippen molar-refractivity contribution in [1.82, 2.24) is 0 Å². The van der Waals surface area contributed by atoms with Gasteiger partial charge in [0.2, 0.25) is 0 Å². The molecule has 0 aliphatic heterocycles. The molecule has 14 heavy (non-hydrogen) atoms. The second kappa shape index (κ2) is 7.31. The van der Waals surface area contributed by atoms with Crippen LogP contribution in [0.5, 0.6) is 0 Å². The number of rotatable bonds is 7. The van der Waals surface area contributed by atoms with Gasteiger partial charge in [-0.1, -0.05) is 60.8 Å². The Morgan fingerprint density at radius 2 is 1.43 bits per heavy atom. The van der Waals surface area contributed by atoms with Crippen LogP contribution in [0.3, 0.4) is 0 Å². The molecule has 0 radical (unpaired) electrons. The van der Waals surface area contributed by atoms with Gasteiger partial charge >= 0.3 is 0 Å². The van der Waals surface area contributed by atoms with Gasteiger partial charge in [0.25, 0.3) is 0 Å². The van der Waals surface area contributed by atoms with Crippen LogP contribution in [-0.4, -0.2) is 0 Å². The lowest BCUT2D eigenvalue weighted by Gasteiger charge is -2.27. The zero-order chi connectivity index (χ0) is 11.1. The third-order valence-electron chi connectivity index (χ3n) is 3.65. The molecule has 0 rings (SSSR count). The van der Waals surface area contributed by atoms with E-state index in [-0.39, 0.29) is 0 Å². The predicted octanol–water partition coefficient (Wildman–Crippen LogP) is 5.13. The van der Waals surface area contributed by atoms with Gasteiger partial charge in [-0.25, -0.2) is 0 Å². The van der Waals surface area contributed by atoms with Crippen molar-refractivity contribution < 1.29 is 0 Å². The Labute approximate surface area is 91.5 Å². The first kappa shape index (κ1) is 14.0. The molecule has 0 heteroatoms. The molecule has 0 aromatic heterocycles. The molecule has 0 spiro atoms. The molecule has 3 atom stereocenters. The number of unbranched alkanes of at least 4 members (excludes halogenated alkanes) is 1. The van der Waals surface area contributed by atoms with E-state index in [1.165, 1.54) is 25.7 Å². The van der Waals surface area contributed by atoms with E-state index < -0.39 is 0 Å². The molecule has 0 saturated carbocycles. The Hall–Kier alpha value is 0. The summed E-state index contributed by atoms with van der Waals surface area (Å²) in [6.45, 7) is 14.2. The molecule has 0 aliphatic carbocycles. The van der Waals surface area contributed by atoms with E-state index in [2.05, 4.69) is 41.5 Å². The summed E-state index contributed by atoms with van der Waals surface area (Å²) >= 11 is 0. The molecule has 0 aromatic rings. The lowest BCUT2D eigenvalue weighted by Crippen LogP contribution is -2.18. The molecule has 0 saturated heterocycles. The van der Waals surface area contributed by atoms with Crippen molar-refractivity contribution in [2.75, 3.05) is 0 Å². The summed E-state index contributed by atoms with van der Waals surface area (Å²) in [4.78, 5) is 0. The summed E-state index contributed by atoms with van der Waals surface area (Å²) in [6.07, 6.45) is 5.55. The van der Waals surface area contributed by atoms with E-state index in [0.29, 0.717) is 0 Å². The maximum Gasteiger partial charge on any atom is -0.0391 e. The molecule has 0 nitrogen and oxygen atoms in total. The summed E-state index contributed by atoms with van der Waals surface area (Å²) < 4.78 is 0. The van der Waals surface area contributed by atoms with Crippen molar-refractivity contribution in [1.29, 1.82) is 0 Å².